The summed E-state index contributed by atoms with van der Waals surface area (Å²) in [6.07, 6.45) is 4.00. The van der Waals surface area contributed by atoms with E-state index < -0.39 is 5.60 Å². The number of nitrogens with one attached hydrogen (secondary N) is 2. The van der Waals surface area contributed by atoms with Gasteiger partial charge in [0.2, 0.25) is 0 Å². The van der Waals surface area contributed by atoms with Crippen molar-refractivity contribution in [3.63, 3.8) is 0 Å². The minimum Gasteiger partial charge on any atom is -0.460 e. The number of carbonyl (C=O) groups excluding carboxylic acids is 1. The molecule has 2 N–H and O–H groups in total. The Morgan fingerprint density at radius 3 is 2.55 bits per heavy atom. The molecular formula is C27H34N4O2. The lowest BCUT2D eigenvalue weighted by molar-refractivity contribution is -0.160. The summed E-state index contributed by atoms with van der Waals surface area (Å²) < 4.78 is 5.81. The summed E-state index contributed by atoms with van der Waals surface area (Å²) in [5.41, 5.74) is 8.68. The normalized spacial score (nSPS) is 17.5. The lowest BCUT2D eigenvalue weighted by Crippen LogP contribution is -2.46. The van der Waals surface area contributed by atoms with Crippen LogP contribution in [0.15, 0.2) is 60.9 Å². The van der Waals surface area contributed by atoms with Crippen LogP contribution in [0.4, 0.5) is 5.69 Å². The molecule has 2 heterocycles. The highest BCUT2D eigenvalue weighted by Crippen LogP contribution is 2.28. The Labute approximate surface area is 196 Å². The number of aryl methyl sites for hydroxylation is 1. The molecule has 1 aromatic heterocycles. The quantitative estimate of drug-likeness (QED) is 0.537. The molecule has 0 radical (unpaired) electrons. The molecule has 1 aliphatic rings. The minimum atomic E-state index is -0.517. The fraction of sp³-hybridized carbons (Fsp3) is 0.407. The van der Waals surface area contributed by atoms with Gasteiger partial charge in [0.25, 0.3) is 0 Å². The maximum absolute atomic E-state index is 13.2. The van der Waals surface area contributed by atoms with E-state index in [4.69, 9.17) is 4.74 Å². The van der Waals surface area contributed by atoms with Gasteiger partial charge in [-0.3, -0.25) is 4.79 Å². The van der Waals surface area contributed by atoms with Crippen molar-refractivity contribution in [3.05, 3.63) is 83.4 Å². The molecule has 0 aliphatic carbocycles. The fourth-order valence-electron chi connectivity index (χ4n) is 4.35. The van der Waals surface area contributed by atoms with E-state index in [-0.39, 0.29) is 17.9 Å². The number of H-pyrrole nitrogens is 1. The van der Waals surface area contributed by atoms with E-state index in [1.165, 1.54) is 5.56 Å². The number of aromatic amines is 1. The van der Waals surface area contributed by atoms with Crippen LogP contribution < -0.4 is 5.43 Å². The van der Waals surface area contributed by atoms with Gasteiger partial charge in [0, 0.05) is 24.7 Å². The van der Waals surface area contributed by atoms with Gasteiger partial charge in [-0.1, -0.05) is 48.5 Å². The van der Waals surface area contributed by atoms with Crippen molar-refractivity contribution in [2.24, 2.45) is 5.92 Å². The second-order valence-electron chi connectivity index (χ2n) is 9.88. The number of imidazole rings is 1. The van der Waals surface area contributed by atoms with E-state index >= 15 is 0 Å². The van der Waals surface area contributed by atoms with Crippen LogP contribution in [0.25, 0.3) is 0 Å². The van der Waals surface area contributed by atoms with Gasteiger partial charge in [0.15, 0.2) is 0 Å². The maximum Gasteiger partial charge on any atom is 0.311 e. The highest BCUT2D eigenvalue weighted by molar-refractivity contribution is 5.74. The van der Waals surface area contributed by atoms with Gasteiger partial charge in [0.1, 0.15) is 5.60 Å². The zero-order valence-electron chi connectivity index (χ0n) is 20.0. The molecule has 0 amide bonds. The first-order chi connectivity index (χ1) is 15.8. The summed E-state index contributed by atoms with van der Waals surface area (Å²) in [7, 11) is 0. The first kappa shape index (κ1) is 23.1. The molecule has 0 fully saturated rings. The first-order valence-electron chi connectivity index (χ1n) is 11.7. The number of benzene rings is 2. The van der Waals surface area contributed by atoms with Crippen LogP contribution in [0.1, 0.15) is 43.3 Å². The molecule has 2 atom stereocenters. The van der Waals surface area contributed by atoms with Crippen molar-refractivity contribution < 1.29 is 9.53 Å². The first-order valence-corrected chi connectivity index (χ1v) is 11.7. The highest BCUT2D eigenvalue weighted by atomic mass is 16.6. The summed E-state index contributed by atoms with van der Waals surface area (Å²) in [6, 6.07) is 18.8. The molecule has 0 bridgehead atoms. The number of rotatable bonds is 6. The molecular weight excluding hydrogens is 412 g/mol. The van der Waals surface area contributed by atoms with E-state index in [1.807, 2.05) is 39.0 Å². The summed E-state index contributed by atoms with van der Waals surface area (Å²) >= 11 is 0. The van der Waals surface area contributed by atoms with Crippen molar-refractivity contribution in [2.75, 3.05) is 12.0 Å². The smallest absolute Gasteiger partial charge is 0.311 e. The Morgan fingerprint density at radius 1 is 1.12 bits per heavy atom. The standard InChI is InChI=1S/C27H34N4O2/c1-19-25(29-18-28-19)16-23(14-20-10-6-5-7-11-20)31-17-22(26(32)33-27(2,3)4)15-21-12-8-9-13-24(21)30-31/h5-13,18,22-23,30H,14-17H2,1-4H3,(H,28,29). The van der Waals surface area contributed by atoms with Crippen LogP contribution in [0.5, 0.6) is 0 Å². The summed E-state index contributed by atoms with van der Waals surface area (Å²) in [6.45, 7) is 8.37. The van der Waals surface area contributed by atoms with Gasteiger partial charge in [-0.05, 0) is 57.7 Å². The zero-order valence-corrected chi connectivity index (χ0v) is 20.0. The number of esters is 1. The number of carbonyl (C=O) groups is 1. The Morgan fingerprint density at radius 2 is 1.85 bits per heavy atom. The number of hydrazine groups is 1. The van der Waals surface area contributed by atoms with Crippen LogP contribution in [0.3, 0.4) is 0 Å². The molecule has 3 aromatic rings. The average Bonchev–Trinajstić information content (AvgIpc) is 3.06. The van der Waals surface area contributed by atoms with E-state index in [0.717, 1.165) is 35.5 Å². The zero-order chi connectivity index (χ0) is 23.4. The predicted octanol–water partition coefficient (Wildman–Crippen LogP) is 4.72. The minimum absolute atomic E-state index is 0.102. The highest BCUT2D eigenvalue weighted by Gasteiger charge is 2.33. The van der Waals surface area contributed by atoms with Gasteiger partial charge in [-0.2, -0.15) is 0 Å². The predicted molar refractivity (Wildman–Crippen MR) is 131 cm³/mol. The molecule has 0 saturated carbocycles. The molecule has 4 rings (SSSR count). The van der Waals surface area contributed by atoms with Crippen LogP contribution in [0.2, 0.25) is 0 Å². The summed E-state index contributed by atoms with van der Waals surface area (Å²) in [5, 5.41) is 2.22. The third-order valence-electron chi connectivity index (χ3n) is 6.02. The molecule has 33 heavy (non-hydrogen) atoms. The SMILES string of the molecule is Cc1[nH]cnc1CC(Cc1ccccc1)N1CC(C(=O)OC(C)(C)C)Cc2ccccc2N1. The molecule has 6 nitrogen and oxygen atoms in total. The summed E-state index contributed by atoms with van der Waals surface area (Å²) in [5.74, 6) is -0.417. The third-order valence-corrected chi connectivity index (χ3v) is 6.02. The number of ether oxygens (including phenoxy) is 1. The largest absolute Gasteiger partial charge is 0.460 e. The van der Waals surface area contributed by atoms with Gasteiger partial charge >= 0.3 is 5.97 Å². The topological polar surface area (TPSA) is 70.2 Å². The Balaban J connectivity index is 1.67. The van der Waals surface area contributed by atoms with Gasteiger partial charge in [-0.15, -0.1) is 0 Å². The van der Waals surface area contributed by atoms with E-state index in [1.54, 1.807) is 6.33 Å². The lowest BCUT2D eigenvalue weighted by Gasteiger charge is -2.33. The van der Waals surface area contributed by atoms with Crippen molar-refractivity contribution in [3.8, 4) is 0 Å². The fourth-order valence-corrected chi connectivity index (χ4v) is 4.35. The second-order valence-corrected chi connectivity index (χ2v) is 9.88. The lowest BCUT2D eigenvalue weighted by atomic mass is 9.96. The van der Waals surface area contributed by atoms with Gasteiger partial charge < -0.3 is 15.1 Å². The van der Waals surface area contributed by atoms with Gasteiger partial charge in [0.05, 0.1) is 23.6 Å². The Bertz CT molecular complexity index is 1070. The second kappa shape index (κ2) is 9.79. The van der Waals surface area contributed by atoms with Crippen molar-refractivity contribution in [1.82, 2.24) is 15.0 Å². The van der Waals surface area contributed by atoms with Crippen LogP contribution in [-0.4, -0.2) is 39.1 Å². The third kappa shape index (κ3) is 6.02. The Kier molecular flexibility index (Phi) is 6.84. The molecule has 6 heteroatoms. The molecule has 2 unspecified atom stereocenters. The van der Waals surface area contributed by atoms with Crippen LogP contribution in [0, 0.1) is 12.8 Å². The number of anilines is 1. The number of para-hydroxylation sites is 1. The van der Waals surface area contributed by atoms with Crippen LogP contribution >= 0.6 is 0 Å². The monoisotopic (exact) mass is 446 g/mol. The number of hydrogen-bond acceptors (Lipinski definition) is 5. The number of nitrogens with zero attached hydrogens (tertiary/aromatic N) is 2. The summed E-state index contributed by atoms with van der Waals surface area (Å²) in [4.78, 5) is 20.9. The molecule has 2 aromatic carbocycles. The number of fused-ring (bicyclic) bond motifs is 1. The van der Waals surface area contributed by atoms with Gasteiger partial charge in [-0.25, -0.2) is 9.99 Å². The molecule has 174 valence electrons. The van der Waals surface area contributed by atoms with Crippen molar-refractivity contribution in [2.45, 2.75) is 58.6 Å². The number of hydrogen-bond donors (Lipinski definition) is 2. The maximum atomic E-state index is 13.2. The van der Waals surface area contributed by atoms with Crippen molar-refractivity contribution in [1.29, 1.82) is 0 Å². The van der Waals surface area contributed by atoms with Crippen LogP contribution in [-0.2, 0) is 28.8 Å². The van der Waals surface area contributed by atoms with Crippen molar-refractivity contribution >= 4 is 11.7 Å². The van der Waals surface area contributed by atoms with E-state index in [2.05, 4.69) is 63.7 Å². The van der Waals surface area contributed by atoms with E-state index in [0.29, 0.717) is 13.0 Å². The number of aromatic nitrogens is 2. The average molecular weight is 447 g/mol. The molecule has 0 saturated heterocycles. The molecule has 0 spiro atoms. The molecule has 1 aliphatic heterocycles. The van der Waals surface area contributed by atoms with E-state index in [9.17, 15) is 4.79 Å². The Hall–Kier alpha value is -3.12.